The minimum atomic E-state index is -0.423. The zero-order valence-corrected chi connectivity index (χ0v) is 27.9. The Kier molecular flexibility index (Phi) is 4.85. The van der Waals surface area contributed by atoms with Gasteiger partial charge in [-0.25, -0.2) is 0 Å². The van der Waals surface area contributed by atoms with Crippen LogP contribution in [0.5, 0.6) is 0 Å². The molecule has 0 amide bonds. The van der Waals surface area contributed by atoms with Crippen LogP contribution in [-0.2, 0) is 0 Å². The highest BCUT2D eigenvalue weighted by Crippen LogP contribution is 2.48. The largest absolute Gasteiger partial charge is 0.0629 e. The van der Waals surface area contributed by atoms with Gasteiger partial charge in [-0.2, -0.15) is 0 Å². The average molecular weight is 665 g/mol. The fraction of sp³-hybridized carbons (Fsp3) is 0. The number of hydrogen-bond acceptors (Lipinski definition) is 0. The molecule has 0 atom stereocenters. The Balaban J connectivity index is 1.34. The van der Waals surface area contributed by atoms with Crippen LogP contribution < -0.4 is 0 Å². The summed E-state index contributed by atoms with van der Waals surface area (Å²) in [6, 6.07) is 45.7. The lowest BCUT2D eigenvalue weighted by Gasteiger charge is -2.21. The summed E-state index contributed by atoms with van der Waals surface area (Å²) >= 11 is 0. The molecule has 0 spiro atoms. The summed E-state index contributed by atoms with van der Waals surface area (Å²) < 4.78 is 74.3. The summed E-state index contributed by atoms with van der Waals surface area (Å²) in [4.78, 5) is 0. The molecule has 240 valence electrons. The smallest absolute Gasteiger partial charge is 0.0616 e. The molecule has 52 heavy (non-hydrogen) atoms. The predicted octanol–water partition coefficient (Wildman–Crippen LogP) is 14.8. The van der Waals surface area contributed by atoms with Crippen molar-refractivity contribution in [1.82, 2.24) is 0 Å². The molecule has 0 unspecified atom stereocenters. The minimum absolute atomic E-state index is 0.194. The van der Waals surface area contributed by atoms with E-state index in [9.17, 15) is 5.48 Å². The third-order valence-electron chi connectivity index (χ3n) is 10.7. The van der Waals surface area contributed by atoms with Gasteiger partial charge in [0.05, 0.1) is 11.0 Å². The zero-order valence-electron chi connectivity index (χ0n) is 35.9. The standard InChI is InChI=1S/C52H32/c1-2-16-36-33(14-1)15-13-27-37(36)34-28-30-35(31-29-34)50-44-23-9-11-25-46(44)52(47-26-12-10-24-45(47)50)49-32-48-40-19-4-3-17-38(40)39-18-5-7-21-42(39)51(48)43-22-8-6-20-41(43)49/h1-32H/i9D,10D,11D,12D,23D,24D,25D,26D. The van der Waals surface area contributed by atoms with Crippen molar-refractivity contribution in [2.45, 2.75) is 0 Å². The Labute approximate surface area is 313 Å². The normalized spacial score (nSPS) is 14.0. The number of hydrogen-bond donors (Lipinski definition) is 0. The highest BCUT2D eigenvalue weighted by molar-refractivity contribution is 6.34. The van der Waals surface area contributed by atoms with Crippen molar-refractivity contribution >= 4 is 75.4 Å². The summed E-state index contributed by atoms with van der Waals surface area (Å²) in [6.45, 7) is 0. The van der Waals surface area contributed by atoms with Crippen LogP contribution in [0.25, 0.3) is 109 Å². The summed E-state index contributed by atoms with van der Waals surface area (Å²) in [7, 11) is 0. The van der Waals surface area contributed by atoms with E-state index in [0.29, 0.717) is 22.3 Å². The monoisotopic (exact) mass is 664 g/mol. The van der Waals surface area contributed by atoms with E-state index >= 15 is 0 Å². The molecule has 0 nitrogen and oxygen atoms in total. The van der Waals surface area contributed by atoms with Crippen molar-refractivity contribution in [2.24, 2.45) is 0 Å². The van der Waals surface area contributed by atoms with Gasteiger partial charge >= 0.3 is 0 Å². The third-order valence-corrected chi connectivity index (χ3v) is 10.7. The molecule has 0 aliphatic carbocycles. The van der Waals surface area contributed by atoms with Crippen LogP contribution in [0.1, 0.15) is 11.0 Å². The maximum Gasteiger partial charge on any atom is 0.0629 e. The van der Waals surface area contributed by atoms with Crippen molar-refractivity contribution in [3.63, 3.8) is 0 Å². The first-order valence-electron chi connectivity index (χ1n) is 21.5. The summed E-state index contributed by atoms with van der Waals surface area (Å²) in [5, 5.41) is 10.9. The summed E-state index contributed by atoms with van der Waals surface area (Å²) in [5.74, 6) is 0. The average Bonchev–Trinajstić information content (AvgIpc) is 3.30. The van der Waals surface area contributed by atoms with Crippen LogP contribution in [0.4, 0.5) is 0 Å². The molecule has 0 heteroatoms. The predicted molar refractivity (Wildman–Crippen MR) is 225 cm³/mol. The quantitative estimate of drug-likeness (QED) is 0.130. The number of rotatable bonds is 3. The lowest BCUT2D eigenvalue weighted by atomic mass is 9.82. The Bertz CT molecular complexity index is 3600. The molecule has 0 N–H and O–H groups in total. The fourth-order valence-electron chi connectivity index (χ4n) is 8.45. The van der Waals surface area contributed by atoms with E-state index in [-0.39, 0.29) is 45.7 Å². The maximum absolute atomic E-state index is 9.62. The summed E-state index contributed by atoms with van der Waals surface area (Å²) in [5.41, 5.74) is 3.81. The Morgan fingerprint density at radius 1 is 0.288 bits per heavy atom. The molecule has 11 aromatic carbocycles. The molecule has 0 fully saturated rings. The molecule has 0 aromatic heterocycles. The number of benzene rings is 11. The maximum atomic E-state index is 9.62. The second-order valence-corrected chi connectivity index (χ2v) is 13.3. The van der Waals surface area contributed by atoms with E-state index in [1.165, 1.54) is 0 Å². The first-order valence-corrected chi connectivity index (χ1v) is 17.5. The van der Waals surface area contributed by atoms with Crippen LogP contribution in [0.2, 0.25) is 0 Å². The lowest BCUT2D eigenvalue weighted by molar-refractivity contribution is 1.63. The molecular weight excluding hydrogens is 625 g/mol. The van der Waals surface area contributed by atoms with Crippen molar-refractivity contribution in [3.8, 4) is 33.4 Å². The molecular formula is C52H32. The molecule has 0 radical (unpaired) electrons. The van der Waals surface area contributed by atoms with Crippen LogP contribution in [0.15, 0.2) is 194 Å². The van der Waals surface area contributed by atoms with Crippen molar-refractivity contribution in [3.05, 3.63) is 194 Å². The summed E-state index contributed by atoms with van der Waals surface area (Å²) in [6.07, 6.45) is 0. The van der Waals surface area contributed by atoms with Crippen LogP contribution in [0.3, 0.4) is 0 Å². The topological polar surface area (TPSA) is 0 Å². The van der Waals surface area contributed by atoms with Gasteiger partial charge in [-0.05, 0) is 115 Å². The molecule has 0 heterocycles. The van der Waals surface area contributed by atoms with Crippen LogP contribution in [-0.4, -0.2) is 0 Å². The van der Waals surface area contributed by atoms with Gasteiger partial charge in [-0.15, -0.1) is 0 Å². The second kappa shape index (κ2) is 11.4. The van der Waals surface area contributed by atoms with E-state index in [0.717, 1.165) is 65.0 Å². The SMILES string of the molecule is [2H]c1c([2H])c([2H])c2c(-c3cc4c5ccccc5c5ccccc5c4c4ccccc34)c3c([2H])c([2H])c([2H])c([2H])c3c(-c3ccc(-c4cccc5ccccc45)cc3)c2c1[2H]. The van der Waals surface area contributed by atoms with Crippen molar-refractivity contribution in [2.75, 3.05) is 0 Å². The minimum Gasteiger partial charge on any atom is -0.0616 e. The van der Waals surface area contributed by atoms with Gasteiger partial charge < -0.3 is 0 Å². The highest BCUT2D eigenvalue weighted by Gasteiger charge is 2.20. The molecule has 0 aliphatic rings. The molecule has 0 saturated heterocycles. The Morgan fingerprint density at radius 2 is 0.731 bits per heavy atom. The van der Waals surface area contributed by atoms with Crippen LogP contribution in [0, 0.1) is 0 Å². The van der Waals surface area contributed by atoms with E-state index in [2.05, 4.69) is 60.7 Å². The first kappa shape index (κ1) is 22.1. The highest BCUT2D eigenvalue weighted by atomic mass is 14.2. The third kappa shape index (κ3) is 4.22. The van der Waals surface area contributed by atoms with Gasteiger partial charge in [0.15, 0.2) is 0 Å². The van der Waals surface area contributed by atoms with Crippen molar-refractivity contribution < 1.29 is 11.0 Å². The van der Waals surface area contributed by atoms with Gasteiger partial charge in [0.2, 0.25) is 0 Å². The van der Waals surface area contributed by atoms with Gasteiger partial charge in [-0.3, -0.25) is 0 Å². The molecule has 11 aromatic rings. The number of fused-ring (bicyclic) bond motifs is 11. The van der Waals surface area contributed by atoms with E-state index in [1.807, 2.05) is 84.9 Å². The zero-order chi connectivity index (χ0) is 41.1. The molecule has 11 rings (SSSR count). The Morgan fingerprint density at radius 3 is 1.37 bits per heavy atom. The van der Waals surface area contributed by atoms with Gasteiger partial charge in [0.1, 0.15) is 0 Å². The first-order chi connectivity index (χ1) is 29.2. The second-order valence-electron chi connectivity index (χ2n) is 13.3. The van der Waals surface area contributed by atoms with Gasteiger partial charge in [0.25, 0.3) is 0 Å². The van der Waals surface area contributed by atoms with Gasteiger partial charge in [0, 0.05) is 0 Å². The molecule has 0 saturated carbocycles. The molecule has 0 aliphatic heterocycles. The van der Waals surface area contributed by atoms with Crippen LogP contribution >= 0.6 is 0 Å². The van der Waals surface area contributed by atoms with E-state index in [4.69, 9.17) is 5.48 Å². The Hall–Kier alpha value is -6.76. The van der Waals surface area contributed by atoms with Gasteiger partial charge in [-0.1, -0.05) is 188 Å². The molecule has 0 bridgehead atoms. The van der Waals surface area contributed by atoms with Crippen molar-refractivity contribution in [1.29, 1.82) is 0 Å². The lowest BCUT2D eigenvalue weighted by Crippen LogP contribution is -1.93. The fourth-order valence-corrected chi connectivity index (χ4v) is 8.45. The van der Waals surface area contributed by atoms with E-state index < -0.39 is 24.2 Å². The van der Waals surface area contributed by atoms with E-state index in [1.54, 1.807) is 0 Å².